The lowest BCUT2D eigenvalue weighted by Crippen LogP contribution is -2.35. The Kier molecular flexibility index (Phi) is 8.10. The molecule has 0 aliphatic rings. The van der Waals surface area contributed by atoms with Gasteiger partial charge in [0.2, 0.25) is 0 Å². The molecule has 0 aliphatic carbocycles. The van der Waals surface area contributed by atoms with Crippen LogP contribution in [-0.4, -0.2) is 20.8 Å². The first-order valence-corrected chi connectivity index (χ1v) is 11.1. The molecule has 0 atom stereocenters. The van der Waals surface area contributed by atoms with Gasteiger partial charge in [0.05, 0.1) is 17.4 Å². The van der Waals surface area contributed by atoms with E-state index in [0.29, 0.717) is 15.4 Å². The minimum absolute atomic E-state index is 0.116. The Morgan fingerprint density at radius 2 is 1.76 bits per heavy atom. The number of anilines is 1. The summed E-state index contributed by atoms with van der Waals surface area (Å²) in [7, 11) is 0. The lowest BCUT2D eigenvalue weighted by Gasteiger charge is -2.14. The number of hydrogen-bond donors (Lipinski definition) is 2. The molecule has 2 aromatic carbocycles. The fourth-order valence-electron chi connectivity index (χ4n) is 3.23. The molecule has 1 heterocycles. The van der Waals surface area contributed by atoms with Crippen LogP contribution in [0.1, 0.15) is 47.8 Å². The number of hydrogen-bond acceptors (Lipinski definition) is 3. The average Bonchev–Trinajstić information content (AvgIpc) is 3.22. The summed E-state index contributed by atoms with van der Waals surface area (Å²) in [5.41, 5.74) is 0.0563. The molecular formula is C23H22ClF3N4OS. The summed E-state index contributed by atoms with van der Waals surface area (Å²) in [5.74, 6) is -1.02. The number of carbonyl (C=O) groups is 1. The Bertz CT molecular complexity index is 1110. The van der Waals surface area contributed by atoms with Crippen molar-refractivity contribution < 1.29 is 18.0 Å². The van der Waals surface area contributed by atoms with Crippen molar-refractivity contribution in [2.75, 3.05) is 5.32 Å². The highest BCUT2D eigenvalue weighted by molar-refractivity contribution is 7.80. The van der Waals surface area contributed by atoms with Crippen molar-refractivity contribution in [3.05, 3.63) is 76.6 Å². The molecule has 5 nitrogen and oxygen atoms in total. The Morgan fingerprint density at radius 1 is 1.09 bits per heavy atom. The molecular weight excluding hydrogens is 473 g/mol. The van der Waals surface area contributed by atoms with Crippen LogP contribution in [0.4, 0.5) is 18.9 Å². The molecule has 0 spiro atoms. The third kappa shape index (κ3) is 6.55. The van der Waals surface area contributed by atoms with E-state index in [4.69, 9.17) is 23.8 Å². The molecule has 3 rings (SSSR count). The van der Waals surface area contributed by atoms with Gasteiger partial charge in [-0.3, -0.25) is 10.1 Å². The quantitative estimate of drug-likeness (QED) is 0.294. The van der Waals surface area contributed by atoms with Gasteiger partial charge in [-0.25, -0.2) is 4.68 Å². The number of aromatic nitrogens is 2. The summed E-state index contributed by atoms with van der Waals surface area (Å²) in [6, 6.07) is 13.1. The maximum Gasteiger partial charge on any atom is 0.434 e. The monoisotopic (exact) mass is 494 g/mol. The third-order valence-corrected chi connectivity index (χ3v) is 5.32. The van der Waals surface area contributed by atoms with Gasteiger partial charge in [0.1, 0.15) is 0 Å². The fraction of sp³-hybridized carbons (Fsp3) is 0.261. The third-order valence-electron chi connectivity index (χ3n) is 4.86. The number of nitrogens with one attached hydrogen (secondary N) is 2. The van der Waals surface area contributed by atoms with Crippen molar-refractivity contribution in [1.82, 2.24) is 15.1 Å². The van der Waals surface area contributed by atoms with Crippen molar-refractivity contribution in [2.45, 2.75) is 38.8 Å². The standard InChI is InChI=1S/C23H22ClF3N4OS/c1-2-3-4-5-15-6-10-17(11-7-15)29-22(33)30-21(32)19-14-28-31(20(19)23(25,26)27)18-12-8-16(24)9-13-18/h6-14H,2-5H2,1H3,(H2,29,30,32,33). The van der Waals surface area contributed by atoms with Crippen molar-refractivity contribution in [3.8, 4) is 5.69 Å². The Labute approximate surface area is 199 Å². The molecule has 0 aliphatic heterocycles. The molecule has 0 unspecified atom stereocenters. The van der Waals surface area contributed by atoms with Crippen LogP contribution in [0.5, 0.6) is 0 Å². The highest BCUT2D eigenvalue weighted by Crippen LogP contribution is 2.33. The summed E-state index contributed by atoms with van der Waals surface area (Å²) in [6.45, 7) is 2.14. The van der Waals surface area contributed by atoms with E-state index >= 15 is 0 Å². The maximum atomic E-state index is 13.8. The molecule has 33 heavy (non-hydrogen) atoms. The van der Waals surface area contributed by atoms with Gasteiger partial charge < -0.3 is 5.32 Å². The largest absolute Gasteiger partial charge is 0.434 e. The molecule has 0 fully saturated rings. The number of unbranched alkanes of at least 4 members (excludes halogenated alkanes) is 2. The van der Waals surface area contributed by atoms with Gasteiger partial charge in [-0.2, -0.15) is 18.3 Å². The van der Waals surface area contributed by atoms with Gasteiger partial charge in [-0.15, -0.1) is 0 Å². The van der Waals surface area contributed by atoms with E-state index in [1.165, 1.54) is 29.8 Å². The van der Waals surface area contributed by atoms with Crippen LogP contribution in [-0.2, 0) is 12.6 Å². The number of alkyl halides is 3. The second kappa shape index (κ2) is 10.8. The van der Waals surface area contributed by atoms with E-state index in [-0.39, 0.29) is 10.8 Å². The molecule has 10 heteroatoms. The second-order valence-corrected chi connectivity index (χ2v) is 8.20. The van der Waals surface area contributed by atoms with E-state index in [2.05, 4.69) is 22.7 Å². The van der Waals surface area contributed by atoms with Crippen molar-refractivity contribution in [2.24, 2.45) is 0 Å². The van der Waals surface area contributed by atoms with E-state index in [1.54, 1.807) is 12.1 Å². The lowest BCUT2D eigenvalue weighted by molar-refractivity contribution is -0.143. The smallest absolute Gasteiger partial charge is 0.332 e. The van der Waals surface area contributed by atoms with Gasteiger partial charge in [0, 0.05) is 10.7 Å². The molecule has 1 aromatic heterocycles. The predicted octanol–water partition coefficient (Wildman–Crippen LogP) is 6.40. The van der Waals surface area contributed by atoms with Crippen LogP contribution in [0.15, 0.2) is 54.7 Å². The average molecular weight is 495 g/mol. The normalized spacial score (nSPS) is 11.3. The minimum atomic E-state index is -4.83. The summed E-state index contributed by atoms with van der Waals surface area (Å²) in [5, 5.41) is 9.12. The van der Waals surface area contributed by atoms with E-state index in [9.17, 15) is 18.0 Å². The predicted molar refractivity (Wildman–Crippen MR) is 127 cm³/mol. The molecule has 3 aromatic rings. The summed E-state index contributed by atoms with van der Waals surface area (Å²) >= 11 is 10.9. The maximum absolute atomic E-state index is 13.8. The number of aryl methyl sites for hydroxylation is 1. The summed E-state index contributed by atoms with van der Waals surface area (Å²) < 4.78 is 42.0. The highest BCUT2D eigenvalue weighted by atomic mass is 35.5. The van der Waals surface area contributed by atoms with Crippen LogP contribution in [0, 0.1) is 0 Å². The van der Waals surface area contributed by atoms with Gasteiger partial charge in [-0.05, 0) is 67.0 Å². The van der Waals surface area contributed by atoms with Crippen molar-refractivity contribution >= 4 is 40.5 Å². The summed E-state index contributed by atoms with van der Waals surface area (Å²) in [6.07, 6.45) is 0.398. The van der Waals surface area contributed by atoms with Gasteiger partial charge in [-0.1, -0.05) is 43.5 Å². The lowest BCUT2D eigenvalue weighted by atomic mass is 10.1. The minimum Gasteiger partial charge on any atom is -0.332 e. The Hall–Kier alpha value is -2.91. The molecule has 0 bridgehead atoms. The number of benzene rings is 2. The van der Waals surface area contributed by atoms with Crippen molar-refractivity contribution in [1.29, 1.82) is 0 Å². The van der Waals surface area contributed by atoms with E-state index < -0.39 is 23.3 Å². The molecule has 0 saturated carbocycles. The number of amides is 1. The first kappa shape index (κ1) is 24.7. The number of thiocarbonyl (C=S) groups is 1. The van der Waals surface area contributed by atoms with Crippen LogP contribution >= 0.6 is 23.8 Å². The first-order chi connectivity index (χ1) is 15.7. The molecule has 2 N–H and O–H groups in total. The highest BCUT2D eigenvalue weighted by Gasteiger charge is 2.40. The van der Waals surface area contributed by atoms with Crippen LogP contribution in [0.3, 0.4) is 0 Å². The zero-order valence-corrected chi connectivity index (χ0v) is 19.3. The van der Waals surface area contributed by atoms with Gasteiger partial charge >= 0.3 is 6.18 Å². The SMILES string of the molecule is CCCCCc1ccc(NC(=S)NC(=O)c2cnn(-c3ccc(Cl)cc3)c2C(F)(F)F)cc1. The topological polar surface area (TPSA) is 58.9 Å². The number of halogens is 4. The molecule has 1 amide bonds. The first-order valence-electron chi connectivity index (χ1n) is 10.3. The Morgan fingerprint density at radius 3 is 2.36 bits per heavy atom. The molecule has 174 valence electrons. The Balaban J connectivity index is 1.72. The van der Waals surface area contributed by atoms with Gasteiger partial charge in [0.25, 0.3) is 5.91 Å². The van der Waals surface area contributed by atoms with Crippen molar-refractivity contribution in [3.63, 3.8) is 0 Å². The molecule has 0 saturated heterocycles. The van der Waals surface area contributed by atoms with Crippen LogP contribution < -0.4 is 10.6 Å². The zero-order chi connectivity index (χ0) is 24.0. The zero-order valence-electron chi connectivity index (χ0n) is 17.7. The number of rotatable bonds is 7. The molecule has 0 radical (unpaired) electrons. The number of nitrogens with zero attached hydrogens (tertiary/aromatic N) is 2. The van der Waals surface area contributed by atoms with E-state index in [1.807, 2.05) is 12.1 Å². The van der Waals surface area contributed by atoms with E-state index in [0.717, 1.165) is 31.9 Å². The van der Waals surface area contributed by atoms with Gasteiger partial charge in [0.15, 0.2) is 10.8 Å². The van der Waals surface area contributed by atoms with Crippen LogP contribution in [0.2, 0.25) is 5.02 Å². The number of carbonyl (C=O) groups excluding carboxylic acids is 1. The second-order valence-electron chi connectivity index (χ2n) is 7.36. The summed E-state index contributed by atoms with van der Waals surface area (Å²) in [4.78, 5) is 12.6. The fourth-order valence-corrected chi connectivity index (χ4v) is 3.57. The van der Waals surface area contributed by atoms with Crippen LogP contribution in [0.25, 0.3) is 5.69 Å².